The van der Waals surface area contributed by atoms with Crippen molar-refractivity contribution in [2.24, 2.45) is 0 Å². The van der Waals surface area contributed by atoms with E-state index in [9.17, 15) is 0 Å². The summed E-state index contributed by atoms with van der Waals surface area (Å²) in [6.07, 6.45) is 2.80. The third-order valence-electron chi connectivity index (χ3n) is 0.699. The molecule has 0 rings (SSSR count). The van der Waals surface area contributed by atoms with Crippen LogP contribution in [-0.4, -0.2) is 13.2 Å². The summed E-state index contributed by atoms with van der Waals surface area (Å²) in [5.74, 6) is 0. The number of hydrogen-bond donors (Lipinski definition) is 1. The lowest BCUT2D eigenvalue weighted by Crippen LogP contribution is -2.14. The molecule has 0 aromatic rings. The number of hydrogen-bond acceptors (Lipinski definition) is 2. The van der Waals surface area contributed by atoms with Gasteiger partial charge in [-0.2, -0.15) is 5.48 Å². The lowest BCUT2D eigenvalue weighted by Gasteiger charge is -1.98. The Bertz CT molecular complexity index is 75.5. The van der Waals surface area contributed by atoms with Crippen LogP contribution < -0.4 is 5.48 Å². The molecule has 0 spiro atoms. The van der Waals surface area contributed by atoms with Gasteiger partial charge in [0.15, 0.2) is 0 Å². The second-order valence-corrected chi connectivity index (χ2v) is 1.81. The molecule has 0 fully saturated rings. The molecule has 0 radical (unpaired) electrons. The first kappa shape index (κ1) is 8.95. The van der Waals surface area contributed by atoms with Crippen LogP contribution in [0.5, 0.6) is 0 Å². The van der Waals surface area contributed by atoms with Crippen LogP contribution in [0.3, 0.4) is 0 Å². The fourth-order valence-electron chi connectivity index (χ4n) is 0.326. The minimum absolute atomic E-state index is 0.670. The molecule has 9 heavy (non-hydrogen) atoms. The van der Waals surface area contributed by atoms with Crippen LogP contribution in [-0.2, 0) is 4.84 Å². The van der Waals surface area contributed by atoms with Crippen molar-refractivity contribution >= 4 is 11.6 Å². The van der Waals surface area contributed by atoms with Crippen molar-refractivity contribution in [2.45, 2.75) is 13.3 Å². The van der Waals surface area contributed by atoms with E-state index in [1.165, 1.54) is 5.54 Å². The Hall–Kier alpha value is -0.0500. The fourth-order valence-corrected chi connectivity index (χ4v) is 0.415. The quantitative estimate of drug-likeness (QED) is 0.474. The van der Waals surface area contributed by atoms with Crippen LogP contribution in [0.2, 0.25) is 0 Å². The minimum Gasteiger partial charge on any atom is -0.302 e. The van der Waals surface area contributed by atoms with Gasteiger partial charge in [0.1, 0.15) is 0 Å². The second kappa shape index (κ2) is 7.95. The third-order valence-corrected chi connectivity index (χ3v) is 0.877. The molecule has 3 heteroatoms. The van der Waals surface area contributed by atoms with Crippen LogP contribution in [0.25, 0.3) is 0 Å². The normalized spacial score (nSPS) is 10.9. The molecule has 0 heterocycles. The van der Waals surface area contributed by atoms with E-state index in [0.717, 1.165) is 13.0 Å². The zero-order valence-corrected chi connectivity index (χ0v) is 6.32. The van der Waals surface area contributed by atoms with Crippen LogP contribution in [0, 0.1) is 0 Å². The predicted molar refractivity (Wildman–Crippen MR) is 39.2 cm³/mol. The van der Waals surface area contributed by atoms with Gasteiger partial charge < -0.3 is 4.84 Å². The highest BCUT2D eigenvalue weighted by molar-refractivity contribution is 6.25. The molecular weight excluding hydrogens is 138 g/mol. The van der Waals surface area contributed by atoms with Crippen molar-refractivity contribution in [3.63, 3.8) is 0 Å². The SMILES string of the molecule is CCCONC/C=C/Cl. The lowest BCUT2D eigenvalue weighted by molar-refractivity contribution is 0.0490. The standard InChI is InChI=1S/C6H12ClNO/c1-2-6-9-8-5-3-4-7/h3-4,8H,2,5-6H2,1H3/b4-3+. The highest BCUT2D eigenvalue weighted by atomic mass is 35.5. The lowest BCUT2D eigenvalue weighted by atomic mass is 10.5. The maximum atomic E-state index is 5.24. The summed E-state index contributed by atoms with van der Waals surface area (Å²) in [4.78, 5) is 4.92. The van der Waals surface area contributed by atoms with Gasteiger partial charge in [0, 0.05) is 12.1 Å². The number of nitrogens with one attached hydrogen (secondary N) is 1. The van der Waals surface area contributed by atoms with Gasteiger partial charge >= 0.3 is 0 Å². The van der Waals surface area contributed by atoms with Gasteiger partial charge in [-0.3, -0.25) is 0 Å². The molecule has 1 N–H and O–H groups in total. The van der Waals surface area contributed by atoms with Gasteiger partial charge in [-0.1, -0.05) is 24.6 Å². The number of halogens is 1. The molecule has 0 unspecified atom stereocenters. The Morgan fingerprint density at radius 2 is 2.44 bits per heavy atom. The molecular formula is C6H12ClNO. The molecule has 0 aliphatic heterocycles. The summed E-state index contributed by atoms with van der Waals surface area (Å²) in [5.41, 5.74) is 4.18. The van der Waals surface area contributed by atoms with E-state index in [0.29, 0.717) is 6.54 Å². The molecule has 0 saturated carbocycles. The summed E-state index contributed by atoms with van der Waals surface area (Å²) in [7, 11) is 0. The Kier molecular flexibility index (Phi) is 7.91. The topological polar surface area (TPSA) is 21.3 Å². The van der Waals surface area contributed by atoms with E-state index in [1.54, 1.807) is 6.08 Å². The molecule has 2 nitrogen and oxygen atoms in total. The van der Waals surface area contributed by atoms with Crippen molar-refractivity contribution in [1.82, 2.24) is 5.48 Å². The summed E-state index contributed by atoms with van der Waals surface area (Å²) >= 11 is 5.24. The maximum absolute atomic E-state index is 5.24. The molecule has 0 bridgehead atoms. The summed E-state index contributed by atoms with van der Waals surface area (Å²) in [5, 5.41) is 0. The first-order valence-corrected chi connectivity index (χ1v) is 3.45. The molecule has 0 atom stereocenters. The molecule has 0 aliphatic carbocycles. The van der Waals surface area contributed by atoms with Crippen LogP contribution >= 0.6 is 11.6 Å². The van der Waals surface area contributed by atoms with Gasteiger partial charge in [0.2, 0.25) is 0 Å². The Balaban J connectivity index is 2.75. The summed E-state index contributed by atoms with van der Waals surface area (Å²) in [6, 6.07) is 0. The molecule has 0 amide bonds. The van der Waals surface area contributed by atoms with Crippen molar-refractivity contribution < 1.29 is 4.84 Å². The number of rotatable bonds is 5. The van der Waals surface area contributed by atoms with E-state index in [2.05, 4.69) is 12.4 Å². The predicted octanol–water partition coefficient (Wildman–Crippen LogP) is 1.67. The zero-order chi connectivity index (χ0) is 6.95. The smallest absolute Gasteiger partial charge is 0.0679 e. The minimum atomic E-state index is 0.670. The van der Waals surface area contributed by atoms with Gasteiger partial charge in [-0.05, 0) is 6.42 Å². The largest absolute Gasteiger partial charge is 0.302 e. The van der Waals surface area contributed by atoms with Gasteiger partial charge in [0.05, 0.1) is 6.61 Å². The van der Waals surface area contributed by atoms with Crippen molar-refractivity contribution in [2.75, 3.05) is 13.2 Å². The molecule has 0 aromatic heterocycles. The van der Waals surface area contributed by atoms with E-state index < -0.39 is 0 Å². The van der Waals surface area contributed by atoms with Crippen LogP contribution in [0.4, 0.5) is 0 Å². The van der Waals surface area contributed by atoms with Gasteiger partial charge in [0.25, 0.3) is 0 Å². The molecule has 0 aromatic carbocycles. The van der Waals surface area contributed by atoms with Crippen LogP contribution in [0.15, 0.2) is 11.6 Å². The Morgan fingerprint density at radius 3 is 3.00 bits per heavy atom. The van der Waals surface area contributed by atoms with E-state index in [-0.39, 0.29) is 0 Å². The van der Waals surface area contributed by atoms with Crippen LogP contribution in [0.1, 0.15) is 13.3 Å². The molecule has 0 saturated heterocycles. The summed E-state index contributed by atoms with van der Waals surface area (Å²) in [6.45, 7) is 3.47. The maximum Gasteiger partial charge on any atom is 0.0679 e. The van der Waals surface area contributed by atoms with Crippen molar-refractivity contribution in [1.29, 1.82) is 0 Å². The highest BCUT2D eigenvalue weighted by Crippen LogP contribution is 1.77. The van der Waals surface area contributed by atoms with Gasteiger partial charge in [-0.25, -0.2) is 0 Å². The summed E-state index contributed by atoms with van der Waals surface area (Å²) < 4.78 is 0. The highest BCUT2D eigenvalue weighted by Gasteiger charge is 1.78. The second-order valence-electron chi connectivity index (χ2n) is 1.56. The average Bonchev–Trinajstić information content (AvgIpc) is 1.89. The first-order valence-electron chi connectivity index (χ1n) is 3.01. The van der Waals surface area contributed by atoms with Gasteiger partial charge in [-0.15, -0.1) is 0 Å². The van der Waals surface area contributed by atoms with Crippen molar-refractivity contribution in [3.05, 3.63) is 11.6 Å². The van der Waals surface area contributed by atoms with E-state index in [1.807, 2.05) is 0 Å². The molecule has 0 aliphatic rings. The fraction of sp³-hybridized carbons (Fsp3) is 0.667. The Labute approximate surface area is 60.8 Å². The van der Waals surface area contributed by atoms with Crippen molar-refractivity contribution in [3.8, 4) is 0 Å². The monoisotopic (exact) mass is 149 g/mol. The Morgan fingerprint density at radius 1 is 1.67 bits per heavy atom. The first-order chi connectivity index (χ1) is 4.41. The third kappa shape index (κ3) is 7.95. The number of hydroxylamine groups is 1. The average molecular weight is 150 g/mol. The van der Waals surface area contributed by atoms with E-state index >= 15 is 0 Å². The van der Waals surface area contributed by atoms with E-state index in [4.69, 9.17) is 16.4 Å². The molecule has 54 valence electrons. The zero-order valence-electron chi connectivity index (χ0n) is 5.56.